The van der Waals surface area contributed by atoms with Gasteiger partial charge in [-0.3, -0.25) is 4.79 Å². The molecule has 0 unspecified atom stereocenters. The SMILES string of the molecule is CC[C@@H](NC(=O)Cc1ccc(C)cc1)c1ccc(OC)cc1. The summed E-state index contributed by atoms with van der Waals surface area (Å²) >= 11 is 0. The molecule has 0 aliphatic carbocycles. The molecule has 1 atom stereocenters. The van der Waals surface area contributed by atoms with E-state index in [1.807, 2.05) is 55.5 Å². The Morgan fingerprint density at radius 2 is 1.73 bits per heavy atom. The quantitative estimate of drug-likeness (QED) is 0.880. The van der Waals surface area contributed by atoms with Crippen molar-refractivity contribution in [3.05, 3.63) is 65.2 Å². The highest BCUT2D eigenvalue weighted by Gasteiger charge is 2.13. The lowest BCUT2D eigenvalue weighted by molar-refractivity contribution is -0.121. The number of carbonyl (C=O) groups excluding carboxylic acids is 1. The Balaban J connectivity index is 1.99. The molecule has 0 spiro atoms. The minimum Gasteiger partial charge on any atom is -0.497 e. The molecule has 3 nitrogen and oxygen atoms in total. The average Bonchev–Trinajstić information content (AvgIpc) is 2.55. The molecular weight excluding hydrogens is 274 g/mol. The van der Waals surface area contributed by atoms with E-state index < -0.39 is 0 Å². The molecule has 3 heteroatoms. The van der Waals surface area contributed by atoms with E-state index in [1.54, 1.807) is 7.11 Å². The zero-order chi connectivity index (χ0) is 15.9. The van der Waals surface area contributed by atoms with Crippen molar-refractivity contribution in [2.75, 3.05) is 7.11 Å². The Labute approximate surface area is 132 Å². The molecule has 2 aromatic carbocycles. The topological polar surface area (TPSA) is 38.3 Å². The van der Waals surface area contributed by atoms with Gasteiger partial charge in [-0.25, -0.2) is 0 Å². The standard InChI is InChI=1S/C19H23NO2/c1-4-18(16-9-11-17(22-3)12-10-16)20-19(21)13-15-7-5-14(2)6-8-15/h5-12,18H,4,13H2,1-3H3,(H,20,21)/t18-/m1/s1. The Morgan fingerprint density at radius 1 is 1.09 bits per heavy atom. The number of rotatable bonds is 6. The molecular formula is C19H23NO2. The molecule has 22 heavy (non-hydrogen) atoms. The summed E-state index contributed by atoms with van der Waals surface area (Å²) < 4.78 is 5.16. The van der Waals surface area contributed by atoms with Crippen LogP contribution in [0.5, 0.6) is 5.75 Å². The summed E-state index contributed by atoms with van der Waals surface area (Å²) in [6.45, 7) is 4.11. The molecule has 2 rings (SSSR count). The Hall–Kier alpha value is -2.29. The molecule has 0 bridgehead atoms. The molecule has 0 fully saturated rings. The van der Waals surface area contributed by atoms with Gasteiger partial charge >= 0.3 is 0 Å². The Morgan fingerprint density at radius 3 is 2.27 bits per heavy atom. The number of amides is 1. The molecule has 116 valence electrons. The molecule has 0 aliphatic rings. The van der Waals surface area contributed by atoms with E-state index in [1.165, 1.54) is 5.56 Å². The fourth-order valence-corrected chi connectivity index (χ4v) is 2.39. The van der Waals surface area contributed by atoms with Crippen molar-refractivity contribution in [2.24, 2.45) is 0 Å². The van der Waals surface area contributed by atoms with Crippen molar-refractivity contribution < 1.29 is 9.53 Å². The van der Waals surface area contributed by atoms with Crippen LogP contribution in [0.4, 0.5) is 0 Å². The number of aryl methyl sites for hydroxylation is 1. The highest BCUT2D eigenvalue weighted by Crippen LogP contribution is 2.20. The van der Waals surface area contributed by atoms with E-state index >= 15 is 0 Å². The summed E-state index contributed by atoms with van der Waals surface area (Å²) in [5, 5.41) is 3.10. The number of nitrogens with one attached hydrogen (secondary N) is 1. The van der Waals surface area contributed by atoms with Gasteiger partial charge in [0.25, 0.3) is 0 Å². The van der Waals surface area contributed by atoms with Gasteiger partial charge in [-0.2, -0.15) is 0 Å². The van der Waals surface area contributed by atoms with Crippen LogP contribution in [-0.4, -0.2) is 13.0 Å². The predicted octanol–water partition coefficient (Wildman–Crippen LogP) is 3.81. The van der Waals surface area contributed by atoms with Crippen molar-refractivity contribution in [1.29, 1.82) is 0 Å². The van der Waals surface area contributed by atoms with Crippen molar-refractivity contribution in [2.45, 2.75) is 32.7 Å². The minimum atomic E-state index is 0.0313. The summed E-state index contributed by atoms with van der Waals surface area (Å²) in [5.74, 6) is 0.871. The number of hydrogen-bond acceptors (Lipinski definition) is 2. The van der Waals surface area contributed by atoms with Crippen LogP contribution in [0.1, 0.15) is 36.1 Å². The highest BCUT2D eigenvalue weighted by atomic mass is 16.5. The third kappa shape index (κ3) is 4.35. The monoisotopic (exact) mass is 297 g/mol. The van der Waals surface area contributed by atoms with Gasteiger partial charge in [0.05, 0.1) is 19.6 Å². The van der Waals surface area contributed by atoms with E-state index in [2.05, 4.69) is 12.2 Å². The molecule has 0 saturated heterocycles. The van der Waals surface area contributed by atoms with Gasteiger partial charge in [-0.1, -0.05) is 48.9 Å². The summed E-state index contributed by atoms with van der Waals surface area (Å²) in [6.07, 6.45) is 1.26. The van der Waals surface area contributed by atoms with E-state index in [0.29, 0.717) is 6.42 Å². The molecule has 0 aromatic heterocycles. The lowest BCUT2D eigenvalue weighted by Crippen LogP contribution is -2.29. The minimum absolute atomic E-state index is 0.0313. The number of hydrogen-bond donors (Lipinski definition) is 1. The van der Waals surface area contributed by atoms with Crippen LogP contribution in [-0.2, 0) is 11.2 Å². The van der Waals surface area contributed by atoms with E-state index in [-0.39, 0.29) is 11.9 Å². The fourth-order valence-electron chi connectivity index (χ4n) is 2.39. The zero-order valence-electron chi connectivity index (χ0n) is 13.4. The first-order valence-electron chi connectivity index (χ1n) is 7.61. The van der Waals surface area contributed by atoms with Crippen molar-refractivity contribution in [3.8, 4) is 5.75 Å². The van der Waals surface area contributed by atoms with Crippen LogP contribution in [0.2, 0.25) is 0 Å². The maximum Gasteiger partial charge on any atom is 0.224 e. The van der Waals surface area contributed by atoms with Crippen molar-refractivity contribution >= 4 is 5.91 Å². The zero-order valence-corrected chi connectivity index (χ0v) is 13.4. The fraction of sp³-hybridized carbons (Fsp3) is 0.316. The third-order valence-electron chi connectivity index (χ3n) is 3.75. The van der Waals surface area contributed by atoms with Gasteiger partial charge in [0, 0.05) is 0 Å². The van der Waals surface area contributed by atoms with Gasteiger partial charge in [0.2, 0.25) is 5.91 Å². The van der Waals surface area contributed by atoms with Crippen LogP contribution in [0.25, 0.3) is 0 Å². The molecule has 1 amide bonds. The average molecular weight is 297 g/mol. The predicted molar refractivity (Wildman–Crippen MR) is 89.1 cm³/mol. The summed E-state index contributed by atoms with van der Waals surface area (Å²) in [4.78, 5) is 12.2. The summed E-state index contributed by atoms with van der Waals surface area (Å²) in [7, 11) is 1.65. The van der Waals surface area contributed by atoms with E-state index in [0.717, 1.165) is 23.3 Å². The summed E-state index contributed by atoms with van der Waals surface area (Å²) in [6, 6.07) is 15.9. The van der Waals surface area contributed by atoms with Gasteiger partial charge in [0.15, 0.2) is 0 Å². The first kappa shape index (κ1) is 16.1. The lowest BCUT2D eigenvalue weighted by atomic mass is 10.0. The molecule has 0 saturated carbocycles. The molecule has 1 N–H and O–H groups in total. The van der Waals surface area contributed by atoms with Crippen LogP contribution >= 0.6 is 0 Å². The smallest absolute Gasteiger partial charge is 0.224 e. The van der Waals surface area contributed by atoms with Gasteiger partial charge in [-0.05, 0) is 36.6 Å². The van der Waals surface area contributed by atoms with Crippen LogP contribution < -0.4 is 10.1 Å². The van der Waals surface area contributed by atoms with Gasteiger partial charge in [0.1, 0.15) is 5.75 Å². The summed E-state index contributed by atoms with van der Waals surface area (Å²) in [5.41, 5.74) is 3.34. The lowest BCUT2D eigenvalue weighted by Gasteiger charge is -2.18. The Bertz CT molecular complexity index is 602. The molecule has 2 aromatic rings. The van der Waals surface area contributed by atoms with E-state index in [4.69, 9.17) is 4.74 Å². The first-order valence-corrected chi connectivity index (χ1v) is 7.61. The van der Waals surface area contributed by atoms with Crippen molar-refractivity contribution in [1.82, 2.24) is 5.32 Å². The maximum atomic E-state index is 12.2. The second-order valence-electron chi connectivity index (χ2n) is 5.46. The number of ether oxygens (including phenoxy) is 1. The van der Waals surface area contributed by atoms with Crippen molar-refractivity contribution in [3.63, 3.8) is 0 Å². The van der Waals surface area contributed by atoms with E-state index in [9.17, 15) is 4.79 Å². The second kappa shape index (κ2) is 7.64. The van der Waals surface area contributed by atoms with Gasteiger partial charge in [-0.15, -0.1) is 0 Å². The molecule has 0 aliphatic heterocycles. The van der Waals surface area contributed by atoms with Crippen LogP contribution in [0.3, 0.4) is 0 Å². The number of carbonyl (C=O) groups is 1. The normalized spacial score (nSPS) is 11.8. The first-order chi connectivity index (χ1) is 10.6. The third-order valence-corrected chi connectivity index (χ3v) is 3.75. The molecule has 0 heterocycles. The highest BCUT2D eigenvalue weighted by molar-refractivity contribution is 5.79. The maximum absolute atomic E-state index is 12.2. The second-order valence-corrected chi connectivity index (χ2v) is 5.46. The number of benzene rings is 2. The molecule has 0 radical (unpaired) electrons. The largest absolute Gasteiger partial charge is 0.497 e. The van der Waals surface area contributed by atoms with Crippen LogP contribution in [0, 0.1) is 6.92 Å². The number of methoxy groups -OCH3 is 1. The van der Waals surface area contributed by atoms with Crippen LogP contribution in [0.15, 0.2) is 48.5 Å². The van der Waals surface area contributed by atoms with Gasteiger partial charge < -0.3 is 10.1 Å². The Kier molecular flexibility index (Phi) is 5.59.